The molecule has 2 aliphatic carbocycles. The fourth-order valence-electron chi connectivity index (χ4n) is 4.27. The molecule has 2 atom stereocenters. The summed E-state index contributed by atoms with van der Waals surface area (Å²) in [6, 6.07) is 6.34. The predicted octanol–water partition coefficient (Wildman–Crippen LogP) is 2.02. The summed E-state index contributed by atoms with van der Waals surface area (Å²) >= 11 is 0. The van der Waals surface area contributed by atoms with Crippen LogP contribution in [-0.4, -0.2) is 69.5 Å². The van der Waals surface area contributed by atoms with Crippen molar-refractivity contribution in [3.63, 3.8) is 0 Å². The molecule has 2 N–H and O–H groups in total. The van der Waals surface area contributed by atoms with Crippen molar-refractivity contribution in [2.75, 3.05) is 33.4 Å². The molecule has 34 heavy (non-hydrogen) atoms. The van der Waals surface area contributed by atoms with Crippen LogP contribution >= 0.6 is 0 Å². The molecular formula is C24H34N2O7S. The van der Waals surface area contributed by atoms with E-state index in [0.29, 0.717) is 23.8 Å². The number of nitrogens with one attached hydrogen (secondary N) is 1. The molecule has 0 radical (unpaired) electrons. The number of carbonyl (C=O) groups is 1. The van der Waals surface area contributed by atoms with Crippen LogP contribution in [0.25, 0.3) is 0 Å². The SMILES string of the molecule is COc1ccc(S(=O)(=O)N(CCO)CCO[C@@H]2C[C@H](C3CCC3)C=C(C(=O)NC3CC3)O2)cc1. The molecule has 0 aromatic heterocycles. The predicted molar refractivity (Wildman–Crippen MR) is 124 cm³/mol. The molecule has 1 amide bonds. The van der Waals surface area contributed by atoms with Crippen LogP contribution in [0.3, 0.4) is 0 Å². The topological polar surface area (TPSA) is 114 Å². The highest BCUT2D eigenvalue weighted by atomic mass is 32.2. The van der Waals surface area contributed by atoms with Crippen LogP contribution in [0.15, 0.2) is 41.0 Å². The fraction of sp³-hybridized carbons (Fsp3) is 0.625. The lowest BCUT2D eigenvalue weighted by Crippen LogP contribution is -2.39. The van der Waals surface area contributed by atoms with Gasteiger partial charge in [0.2, 0.25) is 16.3 Å². The van der Waals surface area contributed by atoms with Crippen LogP contribution in [-0.2, 0) is 24.3 Å². The van der Waals surface area contributed by atoms with Gasteiger partial charge in [-0.25, -0.2) is 8.42 Å². The normalized spacial score (nSPS) is 23.1. The molecule has 1 aromatic rings. The van der Waals surface area contributed by atoms with Gasteiger partial charge >= 0.3 is 0 Å². The maximum absolute atomic E-state index is 13.1. The van der Waals surface area contributed by atoms with Crippen molar-refractivity contribution in [2.45, 2.75) is 55.8 Å². The van der Waals surface area contributed by atoms with Gasteiger partial charge in [-0.05, 0) is 67.9 Å². The number of hydrogen-bond donors (Lipinski definition) is 2. The lowest BCUT2D eigenvalue weighted by atomic mass is 9.73. The Hall–Kier alpha value is -2.14. The molecule has 1 aromatic carbocycles. The molecule has 188 valence electrons. The van der Waals surface area contributed by atoms with Crippen LogP contribution in [0.2, 0.25) is 0 Å². The van der Waals surface area contributed by atoms with Crippen LogP contribution < -0.4 is 10.1 Å². The molecule has 0 spiro atoms. The first kappa shape index (κ1) is 25.0. The Morgan fingerprint density at radius 1 is 1.18 bits per heavy atom. The van der Waals surface area contributed by atoms with Crippen molar-refractivity contribution in [1.82, 2.24) is 9.62 Å². The van der Waals surface area contributed by atoms with Gasteiger partial charge in [0.15, 0.2) is 5.76 Å². The van der Waals surface area contributed by atoms with Crippen molar-refractivity contribution < 1.29 is 32.5 Å². The number of methoxy groups -OCH3 is 1. The van der Waals surface area contributed by atoms with E-state index in [0.717, 1.165) is 25.7 Å². The van der Waals surface area contributed by atoms with Crippen LogP contribution in [0.1, 0.15) is 38.5 Å². The van der Waals surface area contributed by atoms with Gasteiger partial charge in [0.05, 0.1) is 25.2 Å². The molecule has 0 unspecified atom stereocenters. The highest BCUT2D eigenvalue weighted by Gasteiger charge is 2.36. The van der Waals surface area contributed by atoms with Crippen molar-refractivity contribution in [1.29, 1.82) is 0 Å². The molecule has 3 aliphatic rings. The Morgan fingerprint density at radius 2 is 1.91 bits per heavy atom. The first-order chi connectivity index (χ1) is 16.4. The van der Waals surface area contributed by atoms with E-state index in [-0.39, 0.29) is 49.1 Å². The minimum Gasteiger partial charge on any atom is -0.497 e. The second-order valence-electron chi connectivity index (χ2n) is 9.09. The molecule has 9 nitrogen and oxygen atoms in total. The molecular weight excluding hydrogens is 460 g/mol. The number of aliphatic hydroxyl groups excluding tert-OH is 1. The Bertz CT molecular complexity index is 972. The summed E-state index contributed by atoms with van der Waals surface area (Å²) in [5.41, 5.74) is 0. The summed E-state index contributed by atoms with van der Waals surface area (Å²) in [5, 5.41) is 12.4. The standard InChI is InChI=1S/C24H34N2O7S/c1-31-20-7-9-21(10-8-20)34(29,30)26(11-13-27)12-14-32-23-16-18(17-3-2-4-17)15-22(33-23)24(28)25-19-5-6-19/h7-10,15,17-19,23,27H,2-6,11-14,16H2,1H3,(H,25,28)/t18-,23+/m1/s1. The summed E-state index contributed by atoms with van der Waals surface area (Å²) < 4.78 is 44.2. The molecule has 10 heteroatoms. The lowest BCUT2D eigenvalue weighted by Gasteiger charge is -2.37. The number of aliphatic hydroxyl groups is 1. The number of amides is 1. The third kappa shape index (κ3) is 6.10. The first-order valence-electron chi connectivity index (χ1n) is 12.0. The minimum absolute atomic E-state index is 0.0518. The van der Waals surface area contributed by atoms with Gasteiger partial charge in [-0.1, -0.05) is 6.42 Å². The molecule has 2 fully saturated rings. The Kier molecular flexibility index (Phi) is 8.13. The first-order valence-corrected chi connectivity index (χ1v) is 13.4. The lowest BCUT2D eigenvalue weighted by molar-refractivity contribution is -0.152. The van der Waals surface area contributed by atoms with Crippen molar-refractivity contribution in [3.05, 3.63) is 36.1 Å². The van der Waals surface area contributed by atoms with E-state index >= 15 is 0 Å². The zero-order chi connectivity index (χ0) is 24.1. The van der Waals surface area contributed by atoms with Crippen molar-refractivity contribution in [2.24, 2.45) is 11.8 Å². The largest absolute Gasteiger partial charge is 0.497 e. The third-order valence-corrected chi connectivity index (χ3v) is 8.58. The van der Waals surface area contributed by atoms with Crippen LogP contribution in [0, 0.1) is 11.8 Å². The number of allylic oxidation sites excluding steroid dienone is 1. The van der Waals surface area contributed by atoms with Gasteiger partial charge in [0.25, 0.3) is 5.91 Å². The van der Waals surface area contributed by atoms with Gasteiger partial charge in [-0.2, -0.15) is 4.31 Å². The highest BCUT2D eigenvalue weighted by molar-refractivity contribution is 7.89. The van der Waals surface area contributed by atoms with E-state index in [1.807, 2.05) is 6.08 Å². The maximum atomic E-state index is 13.1. The van der Waals surface area contributed by atoms with E-state index in [1.165, 1.54) is 30.0 Å². The Labute approximate surface area is 201 Å². The van der Waals surface area contributed by atoms with E-state index in [4.69, 9.17) is 14.2 Å². The average Bonchev–Trinajstić information content (AvgIpc) is 3.61. The summed E-state index contributed by atoms with van der Waals surface area (Å²) in [5.74, 6) is 1.40. The zero-order valence-electron chi connectivity index (χ0n) is 19.5. The third-order valence-electron chi connectivity index (χ3n) is 6.67. The van der Waals surface area contributed by atoms with Crippen LogP contribution in [0.5, 0.6) is 5.75 Å². The quantitative estimate of drug-likeness (QED) is 0.457. The Morgan fingerprint density at radius 3 is 2.50 bits per heavy atom. The fourth-order valence-corrected chi connectivity index (χ4v) is 5.69. The van der Waals surface area contributed by atoms with E-state index in [1.54, 1.807) is 12.1 Å². The zero-order valence-corrected chi connectivity index (χ0v) is 20.3. The average molecular weight is 495 g/mol. The second-order valence-corrected chi connectivity index (χ2v) is 11.0. The summed E-state index contributed by atoms with van der Waals surface area (Å²) in [6.45, 7) is -0.235. The molecule has 1 heterocycles. The second kappa shape index (κ2) is 11.1. The van der Waals surface area contributed by atoms with Crippen molar-refractivity contribution >= 4 is 15.9 Å². The number of hydrogen-bond acceptors (Lipinski definition) is 7. The van der Waals surface area contributed by atoms with Gasteiger partial charge in [0.1, 0.15) is 5.75 Å². The maximum Gasteiger partial charge on any atom is 0.286 e. The number of ether oxygens (including phenoxy) is 3. The van der Waals surface area contributed by atoms with E-state index < -0.39 is 16.3 Å². The van der Waals surface area contributed by atoms with Gasteiger partial charge in [-0.15, -0.1) is 0 Å². The van der Waals surface area contributed by atoms with E-state index in [2.05, 4.69) is 5.32 Å². The molecule has 0 saturated heterocycles. The van der Waals surface area contributed by atoms with Gasteiger partial charge < -0.3 is 24.6 Å². The molecule has 2 saturated carbocycles. The minimum atomic E-state index is -3.82. The number of benzene rings is 1. The highest BCUT2D eigenvalue weighted by Crippen LogP contribution is 2.40. The van der Waals surface area contributed by atoms with Gasteiger partial charge in [-0.3, -0.25) is 4.79 Å². The summed E-state index contributed by atoms with van der Waals surface area (Å²) in [4.78, 5) is 12.7. The molecule has 4 rings (SSSR count). The van der Waals surface area contributed by atoms with Crippen molar-refractivity contribution in [3.8, 4) is 5.75 Å². The number of rotatable bonds is 12. The summed E-state index contributed by atoms with van der Waals surface area (Å²) in [7, 11) is -2.31. The number of carbonyl (C=O) groups excluding carboxylic acids is 1. The smallest absolute Gasteiger partial charge is 0.286 e. The van der Waals surface area contributed by atoms with E-state index in [9.17, 15) is 18.3 Å². The number of sulfonamides is 1. The van der Waals surface area contributed by atoms with Gasteiger partial charge in [0, 0.05) is 25.6 Å². The Balaban J connectivity index is 1.37. The monoisotopic (exact) mass is 494 g/mol. The summed E-state index contributed by atoms with van der Waals surface area (Å²) in [6.07, 6.45) is 7.41. The number of nitrogens with zero attached hydrogens (tertiary/aromatic N) is 1. The van der Waals surface area contributed by atoms with Crippen LogP contribution in [0.4, 0.5) is 0 Å². The molecule has 1 aliphatic heterocycles. The molecule has 0 bridgehead atoms.